The van der Waals surface area contributed by atoms with E-state index < -0.39 is 0 Å². The number of piperidine rings is 1. The van der Waals surface area contributed by atoms with E-state index in [0.717, 1.165) is 19.4 Å². The van der Waals surface area contributed by atoms with E-state index in [0.29, 0.717) is 17.0 Å². The van der Waals surface area contributed by atoms with Crippen LogP contribution >= 0.6 is 0 Å². The molecule has 1 aliphatic rings. The fraction of sp³-hybridized carbons (Fsp3) is 0.467. The molecule has 0 spiro atoms. The number of rotatable bonds is 2. The summed E-state index contributed by atoms with van der Waals surface area (Å²) < 4.78 is 0. The Labute approximate surface area is 119 Å². The van der Waals surface area contributed by atoms with Crippen LogP contribution in [0.4, 0.5) is 0 Å². The van der Waals surface area contributed by atoms with Crippen LogP contribution in [0.1, 0.15) is 42.6 Å². The first-order valence-corrected chi connectivity index (χ1v) is 6.92. The van der Waals surface area contributed by atoms with Gasteiger partial charge in [0.25, 0.3) is 5.91 Å². The highest BCUT2D eigenvalue weighted by Crippen LogP contribution is 2.23. The highest BCUT2D eigenvalue weighted by Gasteiger charge is 2.27. The minimum absolute atomic E-state index is 0.0108. The first-order valence-electron chi connectivity index (χ1n) is 6.92. The van der Waals surface area contributed by atoms with E-state index in [-0.39, 0.29) is 17.8 Å². The summed E-state index contributed by atoms with van der Waals surface area (Å²) >= 11 is 0. The molecule has 0 radical (unpaired) electrons. The highest BCUT2D eigenvalue weighted by atomic mass is 16.4. The van der Waals surface area contributed by atoms with Gasteiger partial charge in [0.1, 0.15) is 0 Å². The molecule has 0 saturated carbocycles. The monoisotopic (exact) mass is 275 g/mol. The SMILES string of the molecule is CC1CCC(C)N(C(=O)c2cccc(C(N)=NO)c2)C1. The van der Waals surface area contributed by atoms with Crippen LogP contribution in [0, 0.1) is 5.92 Å². The van der Waals surface area contributed by atoms with E-state index in [4.69, 9.17) is 10.9 Å². The number of likely N-dealkylation sites (tertiary alicyclic amines) is 1. The van der Waals surface area contributed by atoms with Crippen LogP contribution in [0.2, 0.25) is 0 Å². The van der Waals surface area contributed by atoms with Gasteiger partial charge in [-0.15, -0.1) is 0 Å². The zero-order valence-electron chi connectivity index (χ0n) is 11.9. The van der Waals surface area contributed by atoms with Gasteiger partial charge in [0.05, 0.1) is 0 Å². The van der Waals surface area contributed by atoms with Crippen molar-refractivity contribution in [3.63, 3.8) is 0 Å². The van der Waals surface area contributed by atoms with Crippen LogP contribution in [-0.2, 0) is 0 Å². The van der Waals surface area contributed by atoms with Gasteiger partial charge in [0, 0.05) is 23.7 Å². The van der Waals surface area contributed by atoms with E-state index >= 15 is 0 Å². The lowest BCUT2D eigenvalue weighted by atomic mass is 9.94. The molecule has 2 rings (SSSR count). The minimum Gasteiger partial charge on any atom is -0.409 e. The molecule has 1 heterocycles. The van der Waals surface area contributed by atoms with Crippen LogP contribution in [0.3, 0.4) is 0 Å². The van der Waals surface area contributed by atoms with Crippen molar-refractivity contribution in [1.82, 2.24) is 4.90 Å². The number of nitrogens with two attached hydrogens (primary N) is 1. The number of nitrogens with zero attached hydrogens (tertiary/aromatic N) is 2. The molecule has 1 saturated heterocycles. The van der Waals surface area contributed by atoms with Crippen molar-refractivity contribution in [3.05, 3.63) is 35.4 Å². The molecule has 1 aromatic carbocycles. The standard InChI is InChI=1S/C15H21N3O2/c1-10-6-7-11(2)18(9-10)15(19)13-5-3-4-12(8-13)14(16)17-20/h3-5,8,10-11,20H,6-7,9H2,1-2H3,(H2,16,17). The third kappa shape index (κ3) is 2.92. The first kappa shape index (κ1) is 14.4. The third-order valence-electron chi connectivity index (χ3n) is 3.89. The second-order valence-corrected chi connectivity index (χ2v) is 5.56. The minimum atomic E-state index is 0.0108. The molecule has 3 N–H and O–H groups in total. The molecule has 1 amide bonds. The number of amides is 1. The highest BCUT2D eigenvalue weighted by molar-refractivity contribution is 6.01. The Kier molecular flexibility index (Phi) is 4.27. The van der Waals surface area contributed by atoms with Gasteiger partial charge in [-0.3, -0.25) is 4.79 Å². The predicted molar refractivity (Wildman–Crippen MR) is 77.8 cm³/mol. The summed E-state index contributed by atoms with van der Waals surface area (Å²) in [6.07, 6.45) is 2.20. The maximum atomic E-state index is 12.6. The molecule has 108 valence electrons. The number of hydrogen-bond acceptors (Lipinski definition) is 3. The summed E-state index contributed by atoms with van der Waals surface area (Å²) in [4.78, 5) is 14.5. The van der Waals surface area contributed by atoms with Crippen LogP contribution < -0.4 is 5.73 Å². The molecule has 2 atom stereocenters. The molecule has 0 bridgehead atoms. The normalized spacial score (nSPS) is 23.7. The molecule has 5 nitrogen and oxygen atoms in total. The largest absolute Gasteiger partial charge is 0.409 e. The number of benzene rings is 1. The topological polar surface area (TPSA) is 78.9 Å². The Balaban J connectivity index is 2.24. The molecule has 1 fully saturated rings. The Hall–Kier alpha value is -2.04. The number of amidine groups is 1. The quantitative estimate of drug-likeness (QED) is 0.375. The fourth-order valence-corrected chi connectivity index (χ4v) is 2.61. The van der Waals surface area contributed by atoms with Crippen LogP contribution in [0.25, 0.3) is 0 Å². The molecular formula is C15H21N3O2. The maximum absolute atomic E-state index is 12.6. The lowest BCUT2D eigenvalue weighted by Gasteiger charge is -2.37. The van der Waals surface area contributed by atoms with Crippen molar-refractivity contribution in [2.24, 2.45) is 16.8 Å². The van der Waals surface area contributed by atoms with Gasteiger partial charge in [0.15, 0.2) is 5.84 Å². The van der Waals surface area contributed by atoms with Gasteiger partial charge < -0.3 is 15.8 Å². The van der Waals surface area contributed by atoms with Crippen molar-refractivity contribution < 1.29 is 10.0 Å². The van der Waals surface area contributed by atoms with Gasteiger partial charge in [0.2, 0.25) is 0 Å². The molecule has 1 aromatic rings. The second-order valence-electron chi connectivity index (χ2n) is 5.56. The Bertz CT molecular complexity index is 528. The van der Waals surface area contributed by atoms with Gasteiger partial charge in [-0.25, -0.2) is 0 Å². The molecule has 5 heteroatoms. The number of oxime groups is 1. The van der Waals surface area contributed by atoms with Gasteiger partial charge in [-0.05, 0) is 37.8 Å². The summed E-state index contributed by atoms with van der Waals surface area (Å²) in [5, 5.41) is 11.7. The Morgan fingerprint density at radius 1 is 1.35 bits per heavy atom. The maximum Gasteiger partial charge on any atom is 0.254 e. The van der Waals surface area contributed by atoms with E-state index in [1.54, 1.807) is 24.3 Å². The Morgan fingerprint density at radius 2 is 2.05 bits per heavy atom. The summed E-state index contributed by atoms with van der Waals surface area (Å²) in [6.45, 7) is 5.03. The zero-order chi connectivity index (χ0) is 14.7. The molecule has 20 heavy (non-hydrogen) atoms. The van der Waals surface area contributed by atoms with Crippen LogP contribution in [0.5, 0.6) is 0 Å². The molecule has 1 aliphatic heterocycles. The number of carbonyl (C=O) groups is 1. The smallest absolute Gasteiger partial charge is 0.254 e. The van der Waals surface area contributed by atoms with Crippen molar-refractivity contribution in [2.75, 3.05) is 6.54 Å². The second kappa shape index (κ2) is 5.94. The van der Waals surface area contributed by atoms with Crippen molar-refractivity contribution in [1.29, 1.82) is 0 Å². The average molecular weight is 275 g/mol. The molecule has 2 unspecified atom stereocenters. The Morgan fingerprint density at radius 3 is 2.75 bits per heavy atom. The van der Waals surface area contributed by atoms with E-state index in [2.05, 4.69) is 19.0 Å². The zero-order valence-corrected chi connectivity index (χ0v) is 11.9. The van der Waals surface area contributed by atoms with Gasteiger partial charge in [-0.1, -0.05) is 24.2 Å². The lowest BCUT2D eigenvalue weighted by Crippen LogP contribution is -2.45. The molecular weight excluding hydrogens is 254 g/mol. The molecule has 0 aliphatic carbocycles. The van der Waals surface area contributed by atoms with Gasteiger partial charge in [-0.2, -0.15) is 0 Å². The van der Waals surface area contributed by atoms with E-state index in [1.165, 1.54) is 0 Å². The van der Waals surface area contributed by atoms with Crippen molar-refractivity contribution >= 4 is 11.7 Å². The molecule has 0 aromatic heterocycles. The fourth-order valence-electron chi connectivity index (χ4n) is 2.61. The first-order chi connectivity index (χ1) is 9.52. The number of carbonyl (C=O) groups excluding carboxylic acids is 1. The van der Waals surface area contributed by atoms with Crippen molar-refractivity contribution in [2.45, 2.75) is 32.7 Å². The lowest BCUT2D eigenvalue weighted by molar-refractivity contribution is 0.0574. The van der Waals surface area contributed by atoms with E-state index in [9.17, 15) is 4.79 Å². The average Bonchev–Trinajstić information content (AvgIpc) is 2.48. The summed E-state index contributed by atoms with van der Waals surface area (Å²) in [5.74, 6) is 0.554. The summed E-state index contributed by atoms with van der Waals surface area (Å²) in [6, 6.07) is 7.16. The third-order valence-corrected chi connectivity index (χ3v) is 3.89. The summed E-state index contributed by atoms with van der Waals surface area (Å²) in [5.41, 5.74) is 6.70. The number of hydrogen-bond donors (Lipinski definition) is 2. The van der Waals surface area contributed by atoms with Crippen LogP contribution in [-0.4, -0.2) is 34.4 Å². The van der Waals surface area contributed by atoms with Gasteiger partial charge >= 0.3 is 0 Å². The predicted octanol–water partition coefficient (Wildman–Crippen LogP) is 2.04. The van der Waals surface area contributed by atoms with E-state index in [1.807, 2.05) is 4.90 Å². The van der Waals surface area contributed by atoms with Crippen molar-refractivity contribution in [3.8, 4) is 0 Å². The van der Waals surface area contributed by atoms with Crippen LogP contribution in [0.15, 0.2) is 29.4 Å². The summed E-state index contributed by atoms with van der Waals surface area (Å²) in [7, 11) is 0.